The lowest BCUT2D eigenvalue weighted by Gasteiger charge is -2.16. The van der Waals surface area contributed by atoms with E-state index in [4.69, 9.17) is 5.73 Å². The zero-order valence-corrected chi connectivity index (χ0v) is 8.58. The highest BCUT2D eigenvalue weighted by Gasteiger charge is 2.42. The van der Waals surface area contributed by atoms with Gasteiger partial charge in [-0.2, -0.15) is 18.3 Å². The van der Waals surface area contributed by atoms with Crippen LogP contribution in [-0.4, -0.2) is 29.0 Å². The standard InChI is InChI=1S/C8H10F3N3O2/c1-14-5(6(12)8(9,10)11)4(3-13-14)7(15)16-2/h3,6H,12H2,1-2H3. The van der Waals surface area contributed by atoms with Crippen LogP contribution < -0.4 is 5.73 Å². The Labute approximate surface area is 89.0 Å². The molecule has 0 aliphatic carbocycles. The Balaban J connectivity index is 3.22. The smallest absolute Gasteiger partial charge is 0.409 e. The van der Waals surface area contributed by atoms with Crippen molar-refractivity contribution in [3.05, 3.63) is 17.5 Å². The fraction of sp³-hybridized carbons (Fsp3) is 0.500. The number of aryl methyl sites for hydroxylation is 1. The van der Waals surface area contributed by atoms with Crippen molar-refractivity contribution >= 4 is 5.97 Å². The molecule has 0 spiro atoms. The number of esters is 1. The molecule has 1 aromatic rings. The molecule has 0 aliphatic heterocycles. The Kier molecular flexibility index (Phi) is 3.22. The van der Waals surface area contributed by atoms with E-state index >= 15 is 0 Å². The molecule has 1 atom stereocenters. The topological polar surface area (TPSA) is 70.1 Å². The second-order valence-corrected chi connectivity index (χ2v) is 3.08. The SMILES string of the molecule is COC(=O)c1cnn(C)c1C(N)C(F)(F)F. The van der Waals surface area contributed by atoms with Crippen LogP contribution in [0.15, 0.2) is 6.20 Å². The summed E-state index contributed by atoms with van der Waals surface area (Å²) >= 11 is 0. The third-order valence-corrected chi connectivity index (χ3v) is 2.04. The summed E-state index contributed by atoms with van der Waals surface area (Å²) in [6.07, 6.45) is -3.65. The maximum atomic E-state index is 12.4. The van der Waals surface area contributed by atoms with Gasteiger partial charge in [0.25, 0.3) is 0 Å². The number of nitrogens with two attached hydrogens (primary N) is 1. The van der Waals surface area contributed by atoms with Gasteiger partial charge in [-0.05, 0) is 0 Å². The molecule has 0 aliphatic rings. The molecule has 1 unspecified atom stereocenters. The highest BCUT2D eigenvalue weighted by Crippen LogP contribution is 2.32. The Morgan fingerprint density at radius 2 is 2.19 bits per heavy atom. The summed E-state index contributed by atoms with van der Waals surface area (Å²) in [4.78, 5) is 11.2. The number of halogens is 3. The van der Waals surface area contributed by atoms with Crippen molar-refractivity contribution in [2.24, 2.45) is 12.8 Å². The molecule has 0 amide bonds. The predicted molar refractivity (Wildman–Crippen MR) is 47.5 cm³/mol. The first-order valence-corrected chi connectivity index (χ1v) is 4.21. The lowest BCUT2D eigenvalue weighted by molar-refractivity contribution is -0.150. The number of carbonyl (C=O) groups is 1. The first kappa shape index (κ1) is 12.5. The number of alkyl halides is 3. The van der Waals surface area contributed by atoms with Gasteiger partial charge in [-0.15, -0.1) is 0 Å². The molecule has 0 bridgehead atoms. The van der Waals surface area contributed by atoms with Crippen molar-refractivity contribution in [1.29, 1.82) is 0 Å². The van der Waals surface area contributed by atoms with Crippen LogP contribution in [-0.2, 0) is 11.8 Å². The van der Waals surface area contributed by atoms with E-state index in [9.17, 15) is 18.0 Å². The summed E-state index contributed by atoms with van der Waals surface area (Å²) in [5.74, 6) is -0.900. The second-order valence-electron chi connectivity index (χ2n) is 3.08. The number of nitrogens with zero attached hydrogens (tertiary/aromatic N) is 2. The molecule has 0 saturated carbocycles. The van der Waals surface area contributed by atoms with Gasteiger partial charge in [0.2, 0.25) is 0 Å². The Hall–Kier alpha value is -1.57. The molecule has 2 N–H and O–H groups in total. The van der Waals surface area contributed by atoms with Gasteiger partial charge in [0.15, 0.2) is 0 Å². The molecule has 1 rings (SSSR count). The van der Waals surface area contributed by atoms with Crippen molar-refractivity contribution < 1.29 is 22.7 Å². The predicted octanol–water partition coefficient (Wildman–Crippen LogP) is 0.769. The van der Waals surface area contributed by atoms with E-state index in [0.29, 0.717) is 0 Å². The van der Waals surface area contributed by atoms with Gasteiger partial charge < -0.3 is 10.5 Å². The largest absolute Gasteiger partial charge is 0.465 e. The minimum Gasteiger partial charge on any atom is -0.465 e. The molecule has 1 heterocycles. The van der Waals surface area contributed by atoms with Gasteiger partial charge in [0.1, 0.15) is 11.6 Å². The van der Waals surface area contributed by atoms with Crippen LogP contribution in [0.3, 0.4) is 0 Å². The fourth-order valence-electron chi connectivity index (χ4n) is 1.24. The molecular formula is C8H10F3N3O2. The summed E-state index contributed by atoms with van der Waals surface area (Å²) in [6.45, 7) is 0. The van der Waals surface area contributed by atoms with E-state index in [0.717, 1.165) is 18.0 Å². The second kappa shape index (κ2) is 4.12. The number of carbonyl (C=O) groups excluding carboxylic acids is 1. The molecule has 0 radical (unpaired) electrons. The summed E-state index contributed by atoms with van der Waals surface area (Å²) in [5.41, 5.74) is 4.32. The molecule has 8 heteroatoms. The van der Waals surface area contributed by atoms with Gasteiger partial charge in [0.05, 0.1) is 19.0 Å². The molecule has 0 aromatic carbocycles. The van der Waals surface area contributed by atoms with Gasteiger partial charge in [-0.3, -0.25) is 4.68 Å². The molecule has 0 saturated heterocycles. The molecule has 90 valence electrons. The summed E-state index contributed by atoms with van der Waals surface area (Å²) < 4.78 is 42.5. The van der Waals surface area contributed by atoms with Crippen molar-refractivity contribution in [3.8, 4) is 0 Å². The minimum absolute atomic E-state index is 0.283. The molecule has 0 fully saturated rings. The van der Waals surface area contributed by atoms with Gasteiger partial charge in [-0.1, -0.05) is 0 Å². The maximum Gasteiger partial charge on any atom is 0.409 e. The lowest BCUT2D eigenvalue weighted by Crippen LogP contribution is -2.31. The van der Waals surface area contributed by atoms with E-state index in [1.165, 1.54) is 7.05 Å². The minimum atomic E-state index is -4.64. The molecular weight excluding hydrogens is 227 g/mol. The van der Waals surface area contributed by atoms with E-state index in [1.54, 1.807) is 0 Å². The van der Waals surface area contributed by atoms with Crippen LogP contribution in [0.25, 0.3) is 0 Å². The van der Waals surface area contributed by atoms with E-state index < -0.39 is 23.9 Å². The van der Waals surface area contributed by atoms with Gasteiger partial charge >= 0.3 is 12.1 Å². The Bertz CT molecular complexity index is 400. The number of rotatable bonds is 2. The van der Waals surface area contributed by atoms with Crippen molar-refractivity contribution in [1.82, 2.24) is 9.78 Å². The van der Waals surface area contributed by atoms with Crippen molar-refractivity contribution in [2.45, 2.75) is 12.2 Å². The number of hydrogen-bond donors (Lipinski definition) is 1. The summed E-state index contributed by atoms with van der Waals surface area (Å²) in [6, 6.07) is -2.27. The normalized spacial score (nSPS) is 13.6. The maximum absolute atomic E-state index is 12.4. The number of hydrogen-bond acceptors (Lipinski definition) is 4. The van der Waals surface area contributed by atoms with Crippen LogP contribution in [0.2, 0.25) is 0 Å². The van der Waals surface area contributed by atoms with E-state index in [2.05, 4.69) is 9.84 Å². The monoisotopic (exact) mass is 237 g/mol. The zero-order chi connectivity index (χ0) is 12.5. The number of aromatic nitrogens is 2. The van der Waals surface area contributed by atoms with E-state index in [1.807, 2.05) is 0 Å². The first-order chi connectivity index (χ1) is 7.29. The Morgan fingerprint density at radius 3 is 2.62 bits per heavy atom. The van der Waals surface area contributed by atoms with Gasteiger partial charge in [0, 0.05) is 7.05 Å². The highest BCUT2D eigenvalue weighted by molar-refractivity contribution is 5.90. The average Bonchev–Trinajstić information content (AvgIpc) is 2.56. The van der Waals surface area contributed by atoms with Crippen molar-refractivity contribution in [3.63, 3.8) is 0 Å². The number of methoxy groups -OCH3 is 1. The summed E-state index contributed by atoms with van der Waals surface area (Å²) in [7, 11) is 2.34. The first-order valence-electron chi connectivity index (χ1n) is 4.21. The average molecular weight is 237 g/mol. The molecule has 16 heavy (non-hydrogen) atoms. The van der Waals surface area contributed by atoms with Crippen LogP contribution in [0.5, 0.6) is 0 Å². The van der Waals surface area contributed by atoms with Gasteiger partial charge in [-0.25, -0.2) is 4.79 Å². The number of ether oxygens (including phenoxy) is 1. The van der Waals surface area contributed by atoms with Crippen LogP contribution >= 0.6 is 0 Å². The van der Waals surface area contributed by atoms with Crippen LogP contribution in [0.4, 0.5) is 13.2 Å². The third kappa shape index (κ3) is 2.16. The van der Waals surface area contributed by atoms with E-state index in [-0.39, 0.29) is 5.56 Å². The van der Waals surface area contributed by atoms with Crippen molar-refractivity contribution in [2.75, 3.05) is 7.11 Å². The fourth-order valence-corrected chi connectivity index (χ4v) is 1.24. The molecule has 1 aromatic heterocycles. The van der Waals surface area contributed by atoms with Crippen LogP contribution in [0, 0.1) is 0 Å². The summed E-state index contributed by atoms with van der Waals surface area (Å²) in [5, 5.41) is 3.56. The Morgan fingerprint density at radius 1 is 1.62 bits per heavy atom. The molecule has 5 nitrogen and oxygen atoms in total. The van der Waals surface area contributed by atoms with Crippen LogP contribution in [0.1, 0.15) is 22.1 Å². The lowest BCUT2D eigenvalue weighted by atomic mass is 10.1. The quantitative estimate of drug-likeness (QED) is 0.771. The third-order valence-electron chi connectivity index (χ3n) is 2.04. The highest BCUT2D eigenvalue weighted by atomic mass is 19.4. The zero-order valence-electron chi connectivity index (χ0n) is 8.58.